The molecule has 0 saturated heterocycles. The third-order valence-corrected chi connectivity index (χ3v) is 4.32. The number of allylic oxidation sites excluding steroid dienone is 2. The normalized spacial score (nSPS) is 10.7. The first kappa shape index (κ1) is 18.7. The Bertz CT molecular complexity index is 803. The Morgan fingerprint density at radius 1 is 1.32 bits per heavy atom. The van der Waals surface area contributed by atoms with E-state index in [0.717, 1.165) is 10.6 Å². The van der Waals surface area contributed by atoms with Gasteiger partial charge in [0.25, 0.3) is 0 Å². The molecule has 0 aliphatic rings. The van der Waals surface area contributed by atoms with Gasteiger partial charge in [-0.3, -0.25) is 0 Å². The Morgan fingerprint density at radius 3 is 2.64 bits per heavy atom. The van der Waals surface area contributed by atoms with E-state index in [9.17, 15) is 9.90 Å². The fraction of sp³-hybridized carbons (Fsp3) is 0.263. The molecule has 1 N–H and O–H groups in total. The molecular weight excluding hydrogens is 338 g/mol. The van der Waals surface area contributed by atoms with Gasteiger partial charge in [0, 0.05) is 17.1 Å². The van der Waals surface area contributed by atoms with Crippen molar-refractivity contribution in [3.8, 4) is 11.5 Å². The molecular formula is C19H21NO4S. The molecule has 5 nitrogen and oxygen atoms in total. The summed E-state index contributed by atoms with van der Waals surface area (Å²) in [5.74, 6) is -0.207. The number of phenolic OH excluding ortho intramolecular Hbond substituents is 1. The summed E-state index contributed by atoms with van der Waals surface area (Å²) >= 11 is 1.48. The van der Waals surface area contributed by atoms with Crippen LogP contribution in [0.25, 0.3) is 12.2 Å². The van der Waals surface area contributed by atoms with Crippen LogP contribution in [0.2, 0.25) is 0 Å². The smallest absolute Gasteiger partial charge is 0.342 e. The van der Waals surface area contributed by atoms with Gasteiger partial charge in [-0.1, -0.05) is 17.7 Å². The maximum atomic E-state index is 12.2. The standard InChI is InChI=1S/C19H21NO4S/c1-12(2)5-7-14-15(23-3)11-13(6-8-16-20-9-10-25-16)17(18(14)21)19(22)24-4/h5-6,8-11,21H,7H2,1-4H3/b8-6+. The lowest BCUT2D eigenvalue weighted by Crippen LogP contribution is -2.07. The number of hydrogen-bond donors (Lipinski definition) is 1. The quantitative estimate of drug-likeness (QED) is 0.614. The largest absolute Gasteiger partial charge is 0.507 e. The van der Waals surface area contributed by atoms with E-state index in [1.54, 1.807) is 24.4 Å². The highest BCUT2D eigenvalue weighted by molar-refractivity contribution is 7.10. The number of rotatable bonds is 6. The molecule has 0 aliphatic heterocycles. The second kappa shape index (κ2) is 8.48. The number of thiazole rings is 1. The van der Waals surface area contributed by atoms with Crippen molar-refractivity contribution < 1.29 is 19.4 Å². The Labute approximate surface area is 151 Å². The number of ether oxygens (including phenoxy) is 2. The molecule has 2 aromatic rings. The van der Waals surface area contributed by atoms with E-state index < -0.39 is 5.97 Å². The molecule has 0 saturated carbocycles. The molecule has 1 heterocycles. The number of esters is 1. The molecule has 0 aliphatic carbocycles. The van der Waals surface area contributed by atoms with E-state index in [-0.39, 0.29) is 11.3 Å². The van der Waals surface area contributed by atoms with E-state index in [1.165, 1.54) is 25.6 Å². The van der Waals surface area contributed by atoms with Gasteiger partial charge in [0.2, 0.25) is 0 Å². The molecule has 0 radical (unpaired) electrons. The lowest BCUT2D eigenvalue weighted by molar-refractivity contribution is 0.0597. The van der Waals surface area contributed by atoms with Crippen LogP contribution < -0.4 is 4.74 Å². The fourth-order valence-corrected chi connectivity index (χ4v) is 2.85. The average Bonchev–Trinajstić information content (AvgIpc) is 3.11. The van der Waals surface area contributed by atoms with Crippen LogP contribution in [0.5, 0.6) is 11.5 Å². The zero-order chi connectivity index (χ0) is 18.4. The van der Waals surface area contributed by atoms with Gasteiger partial charge in [-0.05, 0) is 38.0 Å². The van der Waals surface area contributed by atoms with Crippen molar-refractivity contribution in [2.75, 3.05) is 14.2 Å². The van der Waals surface area contributed by atoms with Crippen molar-refractivity contribution in [2.45, 2.75) is 20.3 Å². The maximum absolute atomic E-state index is 12.2. The minimum atomic E-state index is -0.600. The first-order valence-electron chi connectivity index (χ1n) is 7.70. The van der Waals surface area contributed by atoms with Crippen LogP contribution in [-0.4, -0.2) is 30.3 Å². The monoisotopic (exact) mass is 359 g/mol. The minimum Gasteiger partial charge on any atom is -0.507 e. The van der Waals surface area contributed by atoms with E-state index in [0.29, 0.717) is 23.3 Å². The van der Waals surface area contributed by atoms with Crippen LogP contribution in [0.1, 0.15) is 40.3 Å². The maximum Gasteiger partial charge on any atom is 0.342 e. The first-order chi connectivity index (χ1) is 12.0. The predicted octanol–water partition coefficient (Wildman–Crippen LogP) is 4.32. The predicted molar refractivity (Wildman–Crippen MR) is 100 cm³/mol. The molecule has 1 aromatic carbocycles. The van der Waals surface area contributed by atoms with Crippen LogP contribution in [-0.2, 0) is 11.2 Å². The van der Waals surface area contributed by atoms with Crippen molar-refractivity contribution >= 4 is 29.5 Å². The van der Waals surface area contributed by atoms with E-state index in [2.05, 4.69) is 4.98 Å². The zero-order valence-corrected chi connectivity index (χ0v) is 15.5. The van der Waals surface area contributed by atoms with Crippen LogP contribution in [0.3, 0.4) is 0 Å². The Balaban J connectivity index is 2.59. The number of aromatic hydroxyl groups is 1. The van der Waals surface area contributed by atoms with E-state index >= 15 is 0 Å². The van der Waals surface area contributed by atoms with Gasteiger partial charge in [-0.15, -0.1) is 11.3 Å². The molecule has 132 valence electrons. The Morgan fingerprint density at radius 2 is 2.08 bits per heavy atom. The van der Waals surface area contributed by atoms with Gasteiger partial charge in [0.15, 0.2) is 0 Å². The lowest BCUT2D eigenvalue weighted by Gasteiger charge is -2.15. The van der Waals surface area contributed by atoms with Crippen molar-refractivity contribution in [2.24, 2.45) is 0 Å². The molecule has 0 fully saturated rings. The van der Waals surface area contributed by atoms with Gasteiger partial charge < -0.3 is 14.6 Å². The van der Waals surface area contributed by atoms with Crippen molar-refractivity contribution in [3.63, 3.8) is 0 Å². The first-order valence-corrected chi connectivity index (χ1v) is 8.58. The van der Waals surface area contributed by atoms with Crippen LogP contribution in [0, 0.1) is 0 Å². The number of nitrogens with zero attached hydrogens (tertiary/aromatic N) is 1. The summed E-state index contributed by atoms with van der Waals surface area (Å²) < 4.78 is 10.3. The Kier molecular flexibility index (Phi) is 6.36. The lowest BCUT2D eigenvalue weighted by atomic mass is 9.98. The van der Waals surface area contributed by atoms with Gasteiger partial charge in [0.1, 0.15) is 22.1 Å². The highest BCUT2D eigenvalue weighted by Gasteiger charge is 2.22. The molecule has 1 aromatic heterocycles. The molecule has 0 spiro atoms. The average molecular weight is 359 g/mol. The van der Waals surface area contributed by atoms with Crippen LogP contribution >= 0.6 is 11.3 Å². The number of aromatic nitrogens is 1. The van der Waals surface area contributed by atoms with Gasteiger partial charge in [0.05, 0.1) is 14.2 Å². The minimum absolute atomic E-state index is 0.119. The highest BCUT2D eigenvalue weighted by atomic mass is 32.1. The summed E-state index contributed by atoms with van der Waals surface area (Å²) in [6, 6.07) is 1.73. The molecule has 0 bridgehead atoms. The van der Waals surface area contributed by atoms with Crippen molar-refractivity contribution in [1.82, 2.24) is 4.98 Å². The highest BCUT2D eigenvalue weighted by Crippen LogP contribution is 2.36. The number of methoxy groups -OCH3 is 2. The third-order valence-electron chi connectivity index (χ3n) is 3.58. The van der Waals surface area contributed by atoms with Crippen LogP contribution in [0.4, 0.5) is 0 Å². The zero-order valence-electron chi connectivity index (χ0n) is 14.7. The van der Waals surface area contributed by atoms with E-state index in [1.807, 2.05) is 25.3 Å². The second-order valence-electron chi connectivity index (χ2n) is 5.55. The summed E-state index contributed by atoms with van der Waals surface area (Å²) in [5.41, 5.74) is 2.29. The molecule has 6 heteroatoms. The summed E-state index contributed by atoms with van der Waals surface area (Å²) in [6.07, 6.45) is 7.62. The number of carbonyl (C=O) groups excluding carboxylic acids is 1. The number of carbonyl (C=O) groups is 1. The molecule has 2 rings (SSSR count). The summed E-state index contributed by atoms with van der Waals surface area (Å²) in [4.78, 5) is 16.4. The topological polar surface area (TPSA) is 68.7 Å². The van der Waals surface area contributed by atoms with Crippen LogP contribution in [0.15, 0.2) is 29.3 Å². The number of hydrogen-bond acceptors (Lipinski definition) is 6. The Hall–Kier alpha value is -2.60. The number of benzene rings is 1. The molecule has 0 amide bonds. The summed E-state index contributed by atoms with van der Waals surface area (Å²) in [7, 11) is 2.82. The second-order valence-corrected chi connectivity index (χ2v) is 6.48. The van der Waals surface area contributed by atoms with E-state index in [4.69, 9.17) is 9.47 Å². The molecule has 0 atom stereocenters. The van der Waals surface area contributed by atoms with Gasteiger partial charge in [-0.2, -0.15) is 0 Å². The van der Waals surface area contributed by atoms with Gasteiger partial charge >= 0.3 is 5.97 Å². The fourth-order valence-electron chi connectivity index (χ4n) is 2.32. The SMILES string of the molecule is COC(=O)c1c(/C=C/c2nccs2)cc(OC)c(CC=C(C)C)c1O. The number of phenols is 1. The van der Waals surface area contributed by atoms with Crippen molar-refractivity contribution in [3.05, 3.63) is 51.0 Å². The summed E-state index contributed by atoms with van der Waals surface area (Å²) in [6.45, 7) is 3.94. The molecule has 0 unspecified atom stereocenters. The van der Waals surface area contributed by atoms with Crippen molar-refractivity contribution in [1.29, 1.82) is 0 Å². The molecule has 25 heavy (non-hydrogen) atoms. The van der Waals surface area contributed by atoms with Gasteiger partial charge in [-0.25, -0.2) is 9.78 Å². The third kappa shape index (κ3) is 4.48. The summed E-state index contributed by atoms with van der Waals surface area (Å²) in [5, 5.41) is 13.4.